The molecule has 9 nitrogen and oxygen atoms in total. The summed E-state index contributed by atoms with van der Waals surface area (Å²) in [5, 5.41) is 65.5. The van der Waals surface area contributed by atoms with Gasteiger partial charge in [-0.2, -0.15) is 0 Å². The first-order valence-electron chi connectivity index (χ1n) is 6.10. The number of hydrogen-bond donors (Lipinski definition) is 7. The molecule has 0 spiro atoms. The average Bonchev–Trinajstić information content (AvgIpc) is 2.45. The summed E-state index contributed by atoms with van der Waals surface area (Å²) in [5.41, 5.74) is 0. The summed E-state index contributed by atoms with van der Waals surface area (Å²) < 4.78 is 5.00. The Morgan fingerprint density at radius 1 is 1.10 bits per heavy atom. The van der Waals surface area contributed by atoms with Crippen LogP contribution in [0.15, 0.2) is 0 Å². The molecule has 0 radical (unpaired) electrons. The molecular formula is C11H20O9. The lowest BCUT2D eigenvalue weighted by Gasteiger charge is -2.39. The zero-order chi connectivity index (χ0) is 15.6. The van der Waals surface area contributed by atoms with Gasteiger partial charge < -0.3 is 40.5 Å². The number of carbonyl (C=O) groups excluding carboxylic acids is 1. The Labute approximate surface area is 114 Å². The number of ether oxygens (including phenoxy) is 1. The van der Waals surface area contributed by atoms with Gasteiger partial charge in [-0.15, -0.1) is 0 Å². The highest BCUT2D eigenvalue weighted by Crippen LogP contribution is 2.23. The second-order valence-corrected chi connectivity index (χ2v) is 4.82. The van der Waals surface area contributed by atoms with Gasteiger partial charge in [0.05, 0.1) is 12.7 Å². The molecule has 1 aliphatic heterocycles. The molecule has 9 heteroatoms. The topological polar surface area (TPSA) is 168 Å². The van der Waals surface area contributed by atoms with E-state index in [4.69, 9.17) is 14.9 Å². The summed E-state index contributed by atoms with van der Waals surface area (Å²) in [6, 6.07) is 0. The standard InChI is InChI=1S/C11H20O9/c1-3-5(14)7(16)9(18)11(20-3)10(19)8(17)6(15)4(13)2-12/h3-9,11-18H,2H2,1H3/t3-,4-,5+,6+,7+,8-,9-,11?/m1/s1. The Morgan fingerprint density at radius 3 is 2.15 bits per heavy atom. The molecule has 1 unspecified atom stereocenters. The van der Waals surface area contributed by atoms with E-state index in [1.165, 1.54) is 6.92 Å². The Kier molecular flexibility index (Phi) is 5.98. The third-order valence-electron chi connectivity index (χ3n) is 3.33. The second-order valence-electron chi connectivity index (χ2n) is 4.82. The first kappa shape index (κ1) is 17.4. The van der Waals surface area contributed by atoms with Crippen LogP contribution in [0.4, 0.5) is 0 Å². The Morgan fingerprint density at radius 2 is 1.65 bits per heavy atom. The summed E-state index contributed by atoms with van der Waals surface area (Å²) in [7, 11) is 0. The van der Waals surface area contributed by atoms with Crippen LogP contribution in [-0.4, -0.2) is 97.0 Å². The molecule has 1 fully saturated rings. The molecule has 1 rings (SSSR count). The monoisotopic (exact) mass is 296 g/mol. The van der Waals surface area contributed by atoms with Crippen molar-refractivity contribution < 1.29 is 45.3 Å². The van der Waals surface area contributed by atoms with Crippen LogP contribution in [0.1, 0.15) is 6.92 Å². The number of aliphatic hydroxyl groups is 7. The van der Waals surface area contributed by atoms with Crippen molar-refractivity contribution in [3.05, 3.63) is 0 Å². The number of ketones is 1. The van der Waals surface area contributed by atoms with Gasteiger partial charge in [-0.1, -0.05) is 0 Å². The predicted octanol–water partition coefficient (Wildman–Crippen LogP) is -4.50. The van der Waals surface area contributed by atoms with Crippen molar-refractivity contribution in [2.75, 3.05) is 6.61 Å². The van der Waals surface area contributed by atoms with Crippen LogP contribution in [0.5, 0.6) is 0 Å². The maximum atomic E-state index is 11.9. The molecule has 0 aliphatic carbocycles. The maximum Gasteiger partial charge on any atom is 0.195 e. The molecule has 1 aliphatic rings. The first-order chi connectivity index (χ1) is 9.22. The largest absolute Gasteiger partial charge is 0.394 e. The van der Waals surface area contributed by atoms with Gasteiger partial charge in [0.25, 0.3) is 0 Å². The van der Waals surface area contributed by atoms with Gasteiger partial charge >= 0.3 is 0 Å². The summed E-state index contributed by atoms with van der Waals surface area (Å²) in [4.78, 5) is 11.9. The minimum atomic E-state index is -2.12. The Balaban J connectivity index is 2.80. The highest BCUT2D eigenvalue weighted by atomic mass is 16.5. The molecule has 8 atom stereocenters. The first-order valence-corrected chi connectivity index (χ1v) is 6.10. The molecule has 0 aromatic carbocycles. The van der Waals surface area contributed by atoms with Gasteiger partial charge in [-0.3, -0.25) is 4.79 Å². The van der Waals surface area contributed by atoms with E-state index in [9.17, 15) is 30.3 Å². The van der Waals surface area contributed by atoms with E-state index >= 15 is 0 Å². The predicted molar refractivity (Wildman–Crippen MR) is 62.5 cm³/mol. The van der Waals surface area contributed by atoms with Crippen molar-refractivity contribution in [3.8, 4) is 0 Å². The zero-order valence-corrected chi connectivity index (χ0v) is 10.8. The van der Waals surface area contributed by atoms with Crippen LogP contribution in [-0.2, 0) is 9.53 Å². The van der Waals surface area contributed by atoms with E-state index in [0.717, 1.165) is 0 Å². The van der Waals surface area contributed by atoms with Crippen molar-refractivity contribution in [3.63, 3.8) is 0 Å². The van der Waals surface area contributed by atoms with Crippen molar-refractivity contribution in [1.82, 2.24) is 0 Å². The van der Waals surface area contributed by atoms with Crippen LogP contribution in [0.3, 0.4) is 0 Å². The molecule has 0 aromatic heterocycles. The summed E-state index contributed by atoms with van der Waals surface area (Å²) in [6.07, 6.45) is -13.3. The maximum absolute atomic E-state index is 11.9. The molecule has 0 aromatic rings. The zero-order valence-electron chi connectivity index (χ0n) is 10.8. The summed E-state index contributed by atoms with van der Waals surface area (Å²) in [5.74, 6) is -1.17. The average molecular weight is 296 g/mol. The van der Waals surface area contributed by atoms with Crippen molar-refractivity contribution in [2.24, 2.45) is 0 Å². The van der Waals surface area contributed by atoms with E-state index in [0.29, 0.717) is 0 Å². The number of rotatable bonds is 5. The van der Waals surface area contributed by atoms with E-state index in [2.05, 4.69) is 0 Å². The molecule has 20 heavy (non-hydrogen) atoms. The minimum absolute atomic E-state index is 0.878. The molecule has 1 heterocycles. The SMILES string of the molecule is C[C@H]1OC(C(=O)[C@H](O)[C@@H](O)[C@H](O)CO)[C@H](O)[C@@H](O)[C@H]1O. The van der Waals surface area contributed by atoms with Crippen LogP contribution >= 0.6 is 0 Å². The third kappa shape index (κ3) is 3.32. The van der Waals surface area contributed by atoms with Crippen molar-refractivity contribution in [2.45, 2.75) is 55.8 Å². The van der Waals surface area contributed by atoms with Crippen molar-refractivity contribution >= 4 is 5.78 Å². The molecule has 7 N–H and O–H groups in total. The lowest BCUT2D eigenvalue weighted by Crippen LogP contribution is -2.61. The number of carbonyl (C=O) groups is 1. The number of aliphatic hydroxyl groups excluding tert-OH is 7. The number of hydrogen-bond acceptors (Lipinski definition) is 9. The quantitative estimate of drug-likeness (QED) is 0.264. The second kappa shape index (κ2) is 6.87. The molecule has 0 saturated carbocycles. The number of Topliss-reactive ketones (excluding diaryl/α,β-unsaturated/α-hetero) is 1. The molecular weight excluding hydrogens is 276 g/mol. The molecule has 0 amide bonds. The Hall–Kier alpha value is -0.650. The van der Waals surface area contributed by atoms with Gasteiger partial charge in [0.15, 0.2) is 5.78 Å². The van der Waals surface area contributed by atoms with Gasteiger partial charge in [0, 0.05) is 0 Å². The highest BCUT2D eigenvalue weighted by molar-refractivity contribution is 5.88. The fourth-order valence-electron chi connectivity index (χ4n) is 1.94. The minimum Gasteiger partial charge on any atom is -0.394 e. The smallest absolute Gasteiger partial charge is 0.195 e. The molecule has 0 bridgehead atoms. The highest BCUT2D eigenvalue weighted by Gasteiger charge is 2.47. The van der Waals surface area contributed by atoms with E-state index in [-0.39, 0.29) is 0 Å². The van der Waals surface area contributed by atoms with E-state index < -0.39 is 61.2 Å². The van der Waals surface area contributed by atoms with Crippen LogP contribution in [0.2, 0.25) is 0 Å². The van der Waals surface area contributed by atoms with Gasteiger partial charge in [-0.05, 0) is 6.92 Å². The normalized spacial score (nSPS) is 39.1. The lowest BCUT2D eigenvalue weighted by atomic mass is 9.90. The van der Waals surface area contributed by atoms with Crippen LogP contribution in [0.25, 0.3) is 0 Å². The van der Waals surface area contributed by atoms with E-state index in [1.54, 1.807) is 0 Å². The molecule has 1 saturated heterocycles. The van der Waals surface area contributed by atoms with Crippen molar-refractivity contribution in [1.29, 1.82) is 0 Å². The fourth-order valence-corrected chi connectivity index (χ4v) is 1.94. The Bertz CT molecular complexity index is 336. The van der Waals surface area contributed by atoms with Crippen LogP contribution in [0, 0.1) is 0 Å². The van der Waals surface area contributed by atoms with Gasteiger partial charge in [0.2, 0.25) is 0 Å². The van der Waals surface area contributed by atoms with Crippen LogP contribution < -0.4 is 0 Å². The van der Waals surface area contributed by atoms with E-state index in [1.807, 2.05) is 0 Å². The third-order valence-corrected chi connectivity index (χ3v) is 3.33. The molecule has 118 valence electrons. The van der Waals surface area contributed by atoms with Gasteiger partial charge in [-0.25, -0.2) is 0 Å². The summed E-state index contributed by atoms with van der Waals surface area (Å²) in [6.45, 7) is 0.475. The van der Waals surface area contributed by atoms with Gasteiger partial charge in [0.1, 0.15) is 42.7 Å². The summed E-state index contributed by atoms with van der Waals surface area (Å²) >= 11 is 0. The lowest BCUT2D eigenvalue weighted by molar-refractivity contribution is -0.221. The fraction of sp³-hybridized carbons (Fsp3) is 0.909.